The zero-order valence-corrected chi connectivity index (χ0v) is 15.2. The quantitative estimate of drug-likeness (QED) is 0.691. The Kier molecular flexibility index (Phi) is 6.46. The molecule has 1 aliphatic rings. The van der Waals surface area contributed by atoms with Crippen molar-refractivity contribution in [1.29, 1.82) is 0 Å². The van der Waals surface area contributed by atoms with Crippen molar-refractivity contribution in [3.8, 4) is 17.2 Å². The van der Waals surface area contributed by atoms with E-state index in [0.29, 0.717) is 12.8 Å². The van der Waals surface area contributed by atoms with Crippen molar-refractivity contribution in [3.63, 3.8) is 0 Å². The maximum Gasteiger partial charge on any atom is 0.200 e. The van der Waals surface area contributed by atoms with Crippen LogP contribution < -0.4 is 9.47 Å². The van der Waals surface area contributed by atoms with Crippen LogP contribution in [0.5, 0.6) is 17.2 Å². The van der Waals surface area contributed by atoms with Crippen molar-refractivity contribution in [2.24, 2.45) is 0 Å². The minimum Gasteiger partial charge on any atom is -0.508 e. The van der Waals surface area contributed by atoms with Gasteiger partial charge >= 0.3 is 0 Å². The van der Waals surface area contributed by atoms with Gasteiger partial charge in [0.1, 0.15) is 19.0 Å². The lowest BCUT2D eigenvalue weighted by Gasteiger charge is -2.29. The largest absolute Gasteiger partial charge is 0.508 e. The maximum atomic E-state index is 14.4. The molecule has 3 rings (SSSR count). The average Bonchev–Trinajstić information content (AvgIpc) is 2.69. The third-order valence-corrected chi connectivity index (χ3v) is 4.58. The fraction of sp³-hybridized carbons (Fsp3) is 0.333. The Balaban J connectivity index is 1.56. The first-order valence-corrected chi connectivity index (χ1v) is 8.94. The molecule has 2 unspecified atom stereocenters. The van der Waals surface area contributed by atoms with Gasteiger partial charge in [-0.05, 0) is 36.6 Å². The zero-order chi connectivity index (χ0) is 20.1. The van der Waals surface area contributed by atoms with E-state index in [4.69, 9.17) is 14.2 Å². The monoisotopic (exact) mass is 394 g/mol. The molecule has 0 bridgehead atoms. The lowest BCUT2D eigenvalue weighted by atomic mass is 9.91. The van der Waals surface area contributed by atoms with E-state index in [0.717, 1.165) is 6.07 Å². The molecule has 0 spiro atoms. The second-order valence-electron chi connectivity index (χ2n) is 6.54. The molecule has 1 aliphatic heterocycles. The third-order valence-electron chi connectivity index (χ3n) is 4.58. The van der Waals surface area contributed by atoms with E-state index in [1.165, 1.54) is 30.3 Å². The number of halogens is 3. The van der Waals surface area contributed by atoms with E-state index in [1.54, 1.807) is 0 Å². The Morgan fingerprint density at radius 1 is 1.07 bits per heavy atom. The summed E-state index contributed by atoms with van der Waals surface area (Å²) >= 11 is 0. The van der Waals surface area contributed by atoms with Crippen LogP contribution in [0.15, 0.2) is 43.0 Å². The number of benzene rings is 2. The first-order chi connectivity index (χ1) is 13.5. The van der Waals surface area contributed by atoms with Gasteiger partial charge in [0.2, 0.25) is 5.82 Å². The number of rotatable bonds is 7. The first kappa shape index (κ1) is 20.1. The standard InChI is InChI=1S/C21H21F3O4/c1-2-9-26-19-8-6-16(20(23)21(19)24)13-3-5-15(27-11-13)12-28-18-7-4-14(25)10-17(18)22/h2,4,6-8,10,13,15,25H,1,3,5,9,11-12H2. The summed E-state index contributed by atoms with van der Waals surface area (Å²) in [7, 11) is 0. The molecule has 1 fully saturated rings. The third kappa shape index (κ3) is 4.59. The summed E-state index contributed by atoms with van der Waals surface area (Å²) in [6, 6.07) is 6.54. The van der Waals surface area contributed by atoms with Gasteiger partial charge in [0.25, 0.3) is 0 Å². The van der Waals surface area contributed by atoms with Gasteiger partial charge in [-0.15, -0.1) is 0 Å². The van der Waals surface area contributed by atoms with Crippen molar-refractivity contribution >= 4 is 0 Å². The van der Waals surface area contributed by atoms with Crippen molar-refractivity contribution in [1.82, 2.24) is 0 Å². The second-order valence-corrected chi connectivity index (χ2v) is 6.54. The lowest BCUT2D eigenvalue weighted by Crippen LogP contribution is -2.30. The maximum absolute atomic E-state index is 14.4. The van der Waals surface area contributed by atoms with Crippen LogP contribution in [-0.2, 0) is 4.74 Å². The molecule has 0 amide bonds. The highest BCUT2D eigenvalue weighted by atomic mass is 19.2. The van der Waals surface area contributed by atoms with Crippen LogP contribution in [0.1, 0.15) is 24.3 Å². The molecule has 150 valence electrons. The van der Waals surface area contributed by atoms with E-state index in [2.05, 4.69) is 6.58 Å². The molecule has 1 heterocycles. The summed E-state index contributed by atoms with van der Waals surface area (Å²) in [4.78, 5) is 0. The molecular weight excluding hydrogens is 373 g/mol. The first-order valence-electron chi connectivity index (χ1n) is 8.94. The molecule has 0 aromatic heterocycles. The summed E-state index contributed by atoms with van der Waals surface area (Å²) in [5.41, 5.74) is 0.243. The Labute approximate surface area is 161 Å². The van der Waals surface area contributed by atoms with Crippen LogP contribution in [0.25, 0.3) is 0 Å². The molecule has 2 atom stereocenters. The summed E-state index contributed by atoms with van der Waals surface area (Å²) in [6.07, 6.45) is 2.30. The van der Waals surface area contributed by atoms with E-state index in [9.17, 15) is 18.3 Å². The zero-order valence-electron chi connectivity index (χ0n) is 15.2. The number of ether oxygens (including phenoxy) is 3. The van der Waals surface area contributed by atoms with Crippen LogP contribution in [0.4, 0.5) is 13.2 Å². The fourth-order valence-corrected chi connectivity index (χ4v) is 3.09. The lowest BCUT2D eigenvalue weighted by molar-refractivity contribution is -0.0224. The molecule has 28 heavy (non-hydrogen) atoms. The Hall–Kier alpha value is -2.67. The number of aromatic hydroxyl groups is 1. The van der Waals surface area contributed by atoms with Crippen LogP contribution in [0.3, 0.4) is 0 Å². The SMILES string of the molecule is C=CCOc1ccc(C2CCC(COc3ccc(O)cc3F)OC2)c(F)c1F. The van der Waals surface area contributed by atoms with Crippen molar-refractivity contribution < 1.29 is 32.5 Å². The molecule has 0 radical (unpaired) electrons. The topological polar surface area (TPSA) is 47.9 Å². The minimum absolute atomic E-state index is 0.0201. The molecule has 1 saturated heterocycles. The van der Waals surface area contributed by atoms with Gasteiger partial charge in [0.15, 0.2) is 23.1 Å². The van der Waals surface area contributed by atoms with Gasteiger partial charge in [0.05, 0.1) is 12.7 Å². The van der Waals surface area contributed by atoms with E-state index in [1.807, 2.05) is 0 Å². The van der Waals surface area contributed by atoms with Crippen molar-refractivity contribution in [2.45, 2.75) is 24.9 Å². The number of hydrogen-bond acceptors (Lipinski definition) is 4. The Morgan fingerprint density at radius 2 is 1.86 bits per heavy atom. The smallest absolute Gasteiger partial charge is 0.200 e. The van der Waals surface area contributed by atoms with Crippen LogP contribution in [0, 0.1) is 17.5 Å². The van der Waals surface area contributed by atoms with Crippen molar-refractivity contribution in [3.05, 3.63) is 66.0 Å². The average molecular weight is 394 g/mol. The molecule has 1 N–H and O–H groups in total. The van der Waals surface area contributed by atoms with Gasteiger partial charge in [-0.25, -0.2) is 8.78 Å². The Bertz CT molecular complexity index is 833. The number of phenolic OH excluding ortho intramolecular Hbond substituents is 1. The molecule has 7 heteroatoms. The summed E-state index contributed by atoms with van der Waals surface area (Å²) < 4.78 is 58.4. The summed E-state index contributed by atoms with van der Waals surface area (Å²) in [6.45, 7) is 3.89. The molecule has 2 aromatic carbocycles. The normalized spacial score (nSPS) is 19.2. The molecule has 2 aromatic rings. The van der Waals surface area contributed by atoms with E-state index < -0.39 is 17.5 Å². The minimum atomic E-state index is -1.02. The Morgan fingerprint density at radius 3 is 2.54 bits per heavy atom. The number of phenols is 1. The molecule has 0 aliphatic carbocycles. The van der Waals surface area contributed by atoms with Gasteiger partial charge in [0, 0.05) is 12.0 Å². The van der Waals surface area contributed by atoms with E-state index in [-0.39, 0.29) is 54.7 Å². The van der Waals surface area contributed by atoms with Crippen LogP contribution in [-0.4, -0.2) is 31.0 Å². The van der Waals surface area contributed by atoms with Gasteiger partial charge in [-0.3, -0.25) is 0 Å². The predicted octanol–water partition coefficient (Wildman–Crippen LogP) is 4.72. The van der Waals surface area contributed by atoms with Crippen molar-refractivity contribution in [2.75, 3.05) is 19.8 Å². The fourth-order valence-electron chi connectivity index (χ4n) is 3.09. The highest BCUT2D eigenvalue weighted by Crippen LogP contribution is 2.33. The van der Waals surface area contributed by atoms with E-state index >= 15 is 0 Å². The number of hydrogen-bond donors (Lipinski definition) is 1. The highest BCUT2D eigenvalue weighted by molar-refractivity contribution is 5.34. The molecule has 4 nitrogen and oxygen atoms in total. The van der Waals surface area contributed by atoms with Gasteiger partial charge < -0.3 is 19.3 Å². The van der Waals surface area contributed by atoms with Gasteiger partial charge in [-0.2, -0.15) is 4.39 Å². The van der Waals surface area contributed by atoms with Crippen LogP contribution >= 0.6 is 0 Å². The highest BCUT2D eigenvalue weighted by Gasteiger charge is 2.27. The van der Waals surface area contributed by atoms with Crippen LogP contribution in [0.2, 0.25) is 0 Å². The summed E-state index contributed by atoms with van der Waals surface area (Å²) in [5, 5.41) is 9.20. The molecular formula is C21H21F3O4. The predicted molar refractivity (Wildman–Crippen MR) is 97.3 cm³/mol. The van der Waals surface area contributed by atoms with Gasteiger partial charge in [-0.1, -0.05) is 18.7 Å². The summed E-state index contributed by atoms with van der Waals surface area (Å²) in [5.74, 6) is -3.22. The molecule has 0 saturated carbocycles. The second kappa shape index (κ2) is 9.01.